The number of esters is 1. The van der Waals surface area contributed by atoms with Crippen LogP contribution in [-0.2, 0) is 14.3 Å². The van der Waals surface area contributed by atoms with Crippen molar-refractivity contribution in [2.24, 2.45) is 0 Å². The van der Waals surface area contributed by atoms with Crippen LogP contribution in [0.4, 0.5) is 4.79 Å². The first-order chi connectivity index (χ1) is 14.3. The molecule has 0 N–H and O–H groups in total. The molecule has 0 radical (unpaired) electrons. The van der Waals surface area contributed by atoms with Gasteiger partial charge < -0.3 is 14.0 Å². The second-order valence-electron chi connectivity index (χ2n) is 9.51. The Balaban J connectivity index is 2.17. The molecule has 8 nitrogen and oxygen atoms in total. The number of carbonyl (C=O) groups excluding carboxylic acids is 3. The fourth-order valence-corrected chi connectivity index (χ4v) is 3.46. The fourth-order valence-electron chi connectivity index (χ4n) is 3.46. The smallest absolute Gasteiger partial charge is 0.418 e. The Morgan fingerprint density at radius 2 is 1.61 bits per heavy atom. The van der Waals surface area contributed by atoms with Gasteiger partial charge in [-0.15, -0.1) is 0 Å². The third-order valence-corrected chi connectivity index (χ3v) is 4.52. The van der Waals surface area contributed by atoms with E-state index in [9.17, 15) is 14.4 Å². The van der Waals surface area contributed by atoms with Crippen LogP contribution in [0.2, 0.25) is 0 Å². The summed E-state index contributed by atoms with van der Waals surface area (Å²) in [5.41, 5.74) is 0.444. The van der Waals surface area contributed by atoms with Crippen molar-refractivity contribution in [1.29, 1.82) is 0 Å². The normalized spacial score (nSPS) is 16.3. The van der Waals surface area contributed by atoms with E-state index in [0.29, 0.717) is 22.4 Å². The minimum absolute atomic E-state index is 0.243. The van der Waals surface area contributed by atoms with E-state index in [4.69, 9.17) is 14.0 Å². The number of nitrogens with zero attached hydrogens (tertiary/aromatic N) is 2. The van der Waals surface area contributed by atoms with Crippen molar-refractivity contribution >= 4 is 18.0 Å². The molecule has 2 aromatic rings. The average molecular weight is 428 g/mol. The first-order valence-corrected chi connectivity index (χ1v) is 10.1. The minimum Gasteiger partial charge on any atom is -0.460 e. The monoisotopic (exact) mass is 428 g/mol. The number of fused-ring (bicyclic) bond motifs is 3. The number of amides is 2. The van der Waals surface area contributed by atoms with Crippen molar-refractivity contribution in [1.82, 2.24) is 10.1 Å². The van der Waals surface area contributed by atoms with Crippen molar-refractivity contribution in [2.75, 3.05) is 0 Å². The molecule has 8 heteroatoms. The van der Waals surface area contributed by atoms with Crippen LogP contribution in [0.3, 0.4) is 0 Å². The molecule has 1 aromatic carbocycles. The molecule has 3 rings (SSSR count). The maximum absolute atomic E-state index is 13.5. The van der Waals surface area contributed by atoms with Crippen LogP contribution in [0.1, 0.15) is 75.8 Å². The summed E-state index contributed by atoms with van der Waals surface area (Å²) in [4.78, 5) is 40.3. The van der Waals surface area contributed by atoms with Crippen molar-refractivity contribution in [3.8, 4) is 11.1 Å². The summed E-state index contributed by atoms with van der Waals surface area (Å²) in [5.74, 6) is -0.915. The van der Waals surface area contributed by atoms with Crippen LogP contribution in [-0.4, -0.2) is 39.2 Å². The van der Waals surface area contributed by atoms with Gasteiger partial charge in [0.1, 0.15) is 17.2 Å². The van der Waals surface area contributed by atoms with Gasteiger partial charge in [0.15, 0.2) is 5.76 Å². The quantitative estimate of drug-likeness (QED) is 0.633. The predicted octanol–water partition coefficient (Wildman–Crippen LogP) is 4.81. The highest BCUT2D eigenvalue weighted by molar-refractivity contribution is 6.09. The van der Waals surface area contributed by atoms with Crippen LogP contribution in [0.25, 0.3) is 11.1 Å². The van der Waals surface area contributed by atoms with Crippen LogP contribution >= 0.6 is 0 Å². The third-order valence-electron chi connectivity index (χ3n) is 4.52. The highest BCUT2D eigenvalue weighted by Gasteiger charge is 2.44. The zero-order chi connectivity index (χ0) is 23.1. The van der Waals surface area contributed by atoms with E-state index in [1.165, 1.54) is 0 Å². The second-order valence-corrected chi connectivity index (χ2v) is 9.51. The molecule has 1 aliphatic rings. The molecule has 0 saturated carbocycles. The van der Waals surface area contributed by atoms with Gasteiger partial charge in [-0.1, -0.05) is 23.4 Å². The molecule has 0 aliphatic carbocycles. The maximum Gasteiger partial charge on any atom is 0.418 e. The number of carbonyl (C=O) groups is 3. The Bertz CT molecular complexity index is 1030. The SMILES string of the molecule is Cc1noc2c1-c1ccccc1C(=O)N(C(=O)OC(C)(C)C)[C@@H]2CC(=O)OC(C)(C)C. The predicted molar refractivity (Wildman–Crippen MR) is 112 cm³/mol. The van der Waals surface area contributed by atoms with Gasteiger partial charge in [-0.05, 0) is 60.1 Å². The Kier molecular flexibility index (Phi) is 5.69. The molecule has 0 fully saturated rings. The Labute approximate surface area is 181 Å². The zero-order valence-electron chi connectivity index (χ0n) is 18.9. The van der Waals surface area contributed by atoms with Crippen molar-refractivity contribution in [3.05, 3.63) is 41.3 Å². The van der Waals surface area contributed by atoms with Gasteiger partial charge in [-0.3, -0.25) is 9.59 Å². The minimum atomic E-state index is -1.07. The van der Waals surface area contributed by atoms with E-state index in [0.717, 1.165) is 4.90 Å². The Morgan fingerprint density at radius 1 is 1.03 bits per heavy atom. The molecule has 1 aromatic heterocycles. The first kappa shape index (κ1) is 22.5. The molecule has 2 amide bonds. The number of hydrogen-bond donors (Lipinski definition) is 0. The number of aromatic nitrogens is 1. The van der Waals surface area contributed by atoms with E-state index in [2.05, 4.69) is 5.16 Å². The largest absolute Gasteiger partial charge is 0.460 e. The van der Waals surface area contributed by atoms with Crippen LogP contribution < -0.4 is 0 Å². The lowest BCUT2D eigenvalue weighted by molar-refractivity contribution is -0.156. The van der Waals surface area contributed by atoms with E-state index in [-0.39, 0.29) is 12.2 Å². The van der Waals surface area contributed by atoms with Crippen molar-refractivity contribution in [2.45, 2.75) is 72.1 Å². The number of rotatable bonds is 2. The van der Waals surface area contributed by atoms with Crippen LogP contribution in [0, 0.1) is 6.92 Å². The summed E-state index contributed by atoms with van der Waals surface area (Å²) < 4.78 is 16.5. The number of ether oxygens (including phenoxy) is 2. The number of hydrogen-bond acceptors (Lipinski definition) is 7. The van der Waals surface area contributed by atoms with E-state index >= 15 is 0 Å². The number of imide groups is 1. The van der Waals surface area contributed by atoms with Crippen LogP contribution in [0.5, 0.6) is 0 Å². The lowest BCUT2D eigenvalue weighted by Gasteiger charge is -2.30. The summed E-state index contributed by atoms with van der Waals surface area (Å²) in [5, 5.41) is 4.05. The molecular weight excluding hydrogens is 400 g/mol. The lowest BCUT2D eigenvalue weighted by Crippen LogP contribution is -2.43. The van der Waals surface area contributed by atoms with E-state index in [1.807, 2.05) is 0 Å². The van der Waals surface area contributed by atoms with E-state index < -0.39 is 35.2 Å². The molecule has 1 aliphatic heterocycles. The van der Waals surface area contributed by atoms with Gasteiger partial charge in [0.25, 0.3) is 5.91 Å². The third kappa shape index (κ3) is 4.78. The van der Waals surface area contributed by atoms with E-state index in [1.54, 1.807) is 72.7 Å². The lowest BCUT2D eigenvalue weighted by atomic mass is 9.97. The average Bonchev–Trinajstić information content (AvgIpc) is 2.94. The van der Waals surface area contributed by atoms with Gasteiger partial charge >= 0.3 is 12.1 Å². The van der Waals surface area contributed by atoms with Gasteiger partial charge in [0.05, 0.1) is 17.7 Å². The topological polar surface area (TPSA) is 98.9 Å². The highest BCUT2D eigenvalue weighted by Crippen LogP contribution is 2.42. The van der Waals surface area contributed by atoms with Crippen LogP contribution in [0.15, 0.2) is 28.8 Å². The molecule has 0 saturated heterocycles. The first-order valence-electron chi connectivity index (χ1n) is 10.1. The van der Waals surface area contributed by atoms with Gasteiger partial charge in [-0.25, -0.2) is 9.69 Å². The summed E-state index contributed by atoms with van der Waals surface area (Å²) in [6, 6.07) is 5.82. The van der Waals surface area contributed by atoms with Crippen molar-refractivity contribution in [3.63, 3.8) is 0 Å². The second kappa shape index (κ2) is 7.83. The molecule has 1 atom stereocenters. The Hall–Kier alpha value is -3.16. The number of aryl methyl sites for hydroxylation is 1. The molecule has 31 heavy (non-hydrogen) atoms. The Morgan fingerprint density at radius 3 is 2.19 bits per heavy atom. The number of benzene rings is 1. The van der Waals surface area contributed by atoms with Crippen molar-refractivity contribution < 1.29 is 28.4 Å². The summed E-state index contributed by atoms with van der Waals surface area (Å²) in [6.45, 7) is 12.1. The molecule has 0 unspecified atom stereocenters. The fraction of sp³-hybridized carbons (Fsp3) is 0.478. The highest BCUT2D eigenvalue weighted by atomic mass is 16.6. The van der Waals surface area contributed by atoms with Gasteiger partial charge in [0.2, 0.25) is 0 Å². The summed E-state index contributed by atoms with van der Waals surface area (Å²) in [6.07, 6.45) is -1.17. The molecule has 2 heterocycles. The summed E-state index contributed by atoms with van der Waals surface area (Å²) >= 11 is 0. The van der Waals surface area contributed by atoms with Gasteiger partial charge in [-0.2, -0.15) is 0 Å². The standard InChI is InChI=1S/C23H28N2O6/c1-13-18-14-10-8-9-11-15(14)20(27)25(21(28)30-23(5,6)7)16(19(18)31-24-13)12-17(26)29-22(2,3)4/h8-11,16H,12H2,1-7H3/t16-/m1/s1. The summed E-state index contributed by atoms with van der Waals surface area (Å²) in [7, 11) is 0. The van der Waals surface area contributed by atoms with Gasteiger partial charge in [0, 0.05) is 5.56 Å². The molecule has 0 spiro atoms. The zero-order valence-corrected chi connectivity index (χ0v) is 18.9. The molecule has 166 valence electrons. The molecular formula is C23H28N2O6. The molecule has 0 bridgehead atoms. The maximum atomic E-state index is 13.5.